The van der Waals surface area contributed by atoms with E-state index in [1.54, 1.807) is 11.8 Å². The van der Waals surface area contributed by atoms with E-state index in [9.17, 15) is 0 Å². The molecule has 1 aliphatic rings. The van der Waals surface area contributed by atoms with E-state index in [-0.39, 0.29) is 11.6 Å². The van der Waals surface area contributed by atoms with Crippen molar-refractivity contribution in [2.75, 3.05) is 25.1 Å². The highest BCUT2D eigenvalue weighted by molar-refractivity contribution is 7.99. The van der Waals surface area contributed by atoms with Gasteiger partial charge in [0.25, 0.3) is 0 Å². The van der Waals surface area contributed by atoms with E-state index in [0.717, 1.165) is 11.5 Å². The number of rotatable bonds is 3. The Labute approximate surface area is 70.8 Å². The summed E-state index contributed by atoms with van der Waals surface area (Å²) in [6.45, 7) is 0.467. The lowest BCUT2D eigenvalue weighted by molar-refractivity contribution is 0.369. The lowest BCUT2D eigenvalue weighted by Gasteiger charge is -2.26. The monoisotopic (exact) mass is 174 g/mol. The van der Waals surface area contributed by atoms with Gasteiger partial charge in [0.05, 0.1) is 0 Å². The Bertz CT molecular complexity index is 152. The molecular weight excluding hydrogens is 160 g/mol. The second-order valence-electron chi connectivity index (χ2n) is 2.78. The SMILES string of the molecule is CN[C@@H]1CSCC1(CN)N=N. The minimum atomic E-state index is -0.334. The van der Waals surface area contributed by atoms with Gasteiger partial charge in [0.1, 0.15) is 5.54 Å². The number of hydrogen-bond donors (Lipinski definition) is 3. The van der Waals surface area contributed by atoms with Gasteiger partial charge in [-0.05, 0) is 7.05 Å². The molecule has 1 saturated heterocycles. The molecule has 0 radical (unpaired) electrons. The van der Waals surface area contributed by atoms with Crippen molar-refractivity contribution in [2.24, 2.45) is 10.8 Å². The zero-order chi connectivity index (χ0) is 8.32. The summed E-state index contributed by atoms with van der Waals surface area (Å²) in [5.74, 6) is 1.88. The first kappa shape index (κ1) is 8.96. The van der Waals surface area contributed by atoms with E-state index in [1.165, 1.54) is 0 Å². The van der Waals surface area contributed by atoms with Crippen molar-refractivity contribution >= 4 is 11.8 Å². The van der Waals surface area contributed by atoms with Crippen LogP contribution < -0.4 is 11.1 Å². The zero-order valence-electron chi connectivity index (χ0n) is 6.63. The number of hydrogen-bond acceptors (Lipinski definition) is 5. The Kier molecular flexibility index (Phi) is 2.86. The average molecular weight is 174 g/mol. The van der Waals surface area contributed by atoms with Crippen LogP contribution in [0.25, 0.3) is 0 Å². The number of nitrogens with zero attached hydrogens (tertiary/aromatic N) is 1. The number of nitrogens with one attached hydrogen (secondary N) is 2. The first-order chi connectivity index (χ1) is 5.29. The molecule has 0 bridgehead atoms. The molecule has 0 saturated carbocycles. The predicted octanol–water partition coefficient (Wildman–Crippen LogP) is 0.0497. The summed E-state index contributed by atoms with van der Waals surface area (Å²) in [6, 6.07) is 0.273. The van der Waals surface area contributed by atoms with Gasteiger partial charge in [-0.2, -0.15) is 16.9 Å². The topological polar surface area (TPSA) is 74.3 Å². The molecule has 5 heteroatoms. The Hall–Kier alpha value is -0.130. The molecule has 1 heterocycles. The third kappa shape index (κ3) is 1.40. The van der Waals surface area contributed by atoms with Crippen LogP contribution in [-0.2, 0) is 0 Å². The molecule has 4 N–H and O–H groups in total. The quantitative estimate of drug-likeness (QED) is 0.529. The molecule has 2 atom stereocenters. The standard InChI is InChI=1S/C6H14N4S/c1-9-5-2-11-4-6(5,3-7)10-8/h5,8-9H,2-4,7H2,1H3/t5-,6?/m1/s1. The maximum absolute atomic E-state index is 7.07. The minimum Gasteiger partial charge on any atom is -0.328 e. The van der Waals surface area contributed by atoms with Crippen LogP contribution in [0.3, 0.4) is 0 Å². The van der Waals surface area contributed by atoms with Gasteiger partial charge in [-0.25, -0.2) is 5.53 Å². The molecule has 0 aromatic carbocycles. The van der Waals surface area contributed by atoms with Crippen LogP contribution in [0.4, 0.5) is 0 Å². The first-order valence-electron chi connectivity index (χ1n) is 3.63. The van der Waals surface area contributed by atoms with Gasteiger partial charge in [-0.3, -0.25) is 0 Å². The summed E-state index contributed by atoms with van der Waals surface area (Å²) < 4.78 is 0. The van der Waals surface area contributed by atoms with Gasteiger partial charge in [0.2, 0.25) is 0 Å². The van der Waals surface area contributed by atoms with E-state index < -0.39 is 0 Å². The van der Waals surface area contributed by atoms with E-state index >= 15 is 0 Å². The van der Waals surface area contributed by atoms with Crippen molar-refractivity contribution in [1.82, 2.24) is 5.32 Å². The number of nitrogens with two attached hydrogens (primary N) is 1. The Morgan fingerprint density at radius 3 is 3.00 bits per heavy atom. The minimum absolute atomic E-state index is 0.273. The lowest BCUT2D eigenvalue weighted by atomic mass is 9.95. The molecule has 64 valence electrons. The summed E-state index contributed by atoms with van der Waals surface area (Å²) in [5.41, 5.74) is 12.3. The molecule has 1 rings (SSSR count). The van der Waals surface area contributed by atoms with Crippen LogP contribution in [-0.4, -0.2) is 36.7 Å². The molecule has 0 spiro atoms. The summed E-state index contributed by atoms with van der Waals surface area (Å²) in [4.78, 5) is 0. The molecule has 11 heavy (non-hydrogen) atoms. The van der Waals surface area contributed by atoms with E-state index in [0.29, 0.717) is 6.54 Å². The third-order valence-corrected chi connectivity index (χ3v) is 3.48. The van der Waals surface area contributed by atoms with Crippen LogP contribution in [0.15, 0.2) is 5.11 Å². The molecule has 0 aromatic heterocycles. The summed E-state index contributed by atoms with van der Waals surface area (Å²) in [5, 5.41) is 6.77. The van der Waals surface area contributed by atoms with Gasteiger partial charge >= 0.3 is 0 Å². The van der Waals surface area contributed by atoms with Crippen molar-refractivity contribution in [1.29, 1.82) is 5.53 Å². The van der Waals surface area contributed by atoms with Gasteiger partial charge in [-0.1, -0.05) is 0 Å². The Morgan fingerprint density at radius 2 is 2.64 bits per heavy atom. The fourth-order valence-corrected chi connectivity index (χ4v) is 2.89. The highest BCUT2D eigenvalue weighted by Gasteiger charge is 2.41. The molecule has 1 aliphatic heterocycles. The highest BCUT2D eigenvalue weighted by Crippen LogP contribution is 2.30. The molecule has 0 aromatic rings. The van der Waals surface area contributed by atoms with Gasteiger partial charge in [0.15, 0.2) is 0 Å². The number of likely N-dealkylation sites (N-methyl/N-ethyl adjacent to an activating group) is 1. The number of thioether (sulfide) groups is 1. The second kappa shape index (κ2) is 3.51. The Morgan fingerprint density at radius 1 is 1.91 bits per heavy atom. The van der Waals surface area contributed by atoms with Crippen LogP contribution >= 0.6 is 11.8 Å². The first-order valence-corrected chi connectivity index (χ1v) is 4.78. The Balaban J connectivity index is 2.71. The van der Waals surface area contributed by atoms with Gasteiger partial charge < -0.3 is 11.1 Å². The fraction of sp³-hybridized carbons (Fsp3) is 1.00. The van der Waals surface area contributed by atoms with Crippen LogP contribution in [0, 0.1) is 5.53 Å². The third-order valence-electron chi connectivity index (χ3n) is 2.21. The molecule has 4 nitrogen and oxygen atoms in total. The average Bonchev–Trinajstić information content (AvgIpc) is 2.47. The highest BCUT2D eigenvalue weighted by atomic mass is 32.2. The van der Waals surface area contributed by atoms with Crippen LogP contribution in [0.1, 0.15) is 0 Å². The molecule has 0 amide bonds. The zero-order valence-corrected chi connectivity index (χ0v) is 7.45. The maximum atomic E-state index is 7.07. The molecule has 1 unspecified atom stereocenters. The largest absolute Gasteiger partial charge is 0.328 e. The van der Waals surface area contributed by atoms with E-state index in [2.05, 4.69) is 10.4 Å². The molecule has 1 fully saturated rings. The predicted molar refractivity (Wildman–Crippen MR) is 47.1 cm³/mol. The normalized spacial score (nSPS) is 37.5. The van der Waals surface area contributed by atoms with Gasteiger partial charge in [-0.15, -0.1) is 0 Å². The van der Waals surface area contributed by atoms with Crippen molar-refractivity contribution in [3.63, 3.8) is 0 Å². The van der Waals surface area contributed by atoms with E-state index in [1.807, 2.05) is 7.05 Å². The summed E-state index contributed by atoms with van der Waals surface area (Å²) in [6.07, 6.45) is 0. The second-order valence-corrected chi connectivity index (χ2v) is 3.81. The summed E-state index contributed by atoms with van der Waals surface area (Å²) in [7, 11) is 1.89. The smallest absolute Gasteiger partial charge is 0.118 e. The maximum Gasteiger partial charge on any atom is 0.118 e. The van der Waals surface area contributed by atoms with Crippen LogP contribution in [0.5, 0.6) is 0 Å². The fourth-order valence-electron chi connectivity index (χ4n) is 1.32. The van der Waals surface area contributed by atoms with Crippen molar-refractivity contribution in [3.05, 3.63) is 0 Å². The van der Waals surface area contributed by atoms with Crippen LogP contribution in [0.2, 0.25) is 0 Å². The molecular formula is C6H14N4S. The van der Waals surface area contributed by atoms with E-state index in [4.69, 9.17) is 11.3 Å². The molecule has 0 aliphatic carbocycles. The van der Waals surface area contributed by atoms with Gasteiger partial charge in [0, 0.05) is 24.1 Å². The van der Waals surface area contributed by atoms with Crippen molar-refractivity contribution in [2.45, 2.75) is 11.6 Å². The van der Waals surface area contributed by atoms with Crippen molar-refractivity contribution < 1.29 is 0 Å². The summed E-state index contributed by atoms with van der Waals surface area (Å²) >= 11 is 1.81. The lowest BCUT2D eigenvalue weighted by Crippen LogP contribution is -2.51. The van der Waals surface area contributed by atoms with Crippen molar-refractivity contribution in [3.8, 4) is 0 Å².